The zero-order valence-electron chi connectivity index (χ0n) is 11.1. The van der Waals surface area contributed by atoms with Gasteiger partial charge in [0.15, 0.2) is 0 Å². The molecule has 0 saturated carbocycles. The molecule has 1 unspecified atom stereocenters. The Labute approximate surface area is 107 Å². The first-order valence-corrected chi connectivity index (χ1v) is 5.41. The molecule has 0 aromatic rings. The number of amidine groups is 1. The molecular weight excluding hydrogens is 236 g/mol. The number of nitrogens with two attached hydrogens (primary N) is 1. The number of amides is 1. The lowest BCUT2D eigenvalue weighted by molar-refractivity contribution is 0.0518. The van der Waals surface area contributed by atoms with E-state index in [-0.39, 0.29) is 12.3 Å². The minimum absolute atomic E-state index is 0.0000293. The zero-order chi connectivity index (χ0) is 14.2. The van der Waals surface area contributed by atoms with Crippen LogP contribution in [0.1, 0.15) is 27.2 Å². The predicted octanol–water partition coefficient (Wildman–Crippen LogP) is -0.210. The number of hydrazone groups is 1. The number of alkyl carbamates (subject to hydrolysis) is 1. The Balaban J connectivity index is 4.54. The summed E-state index contributed by atoms with van der Waals surface area (Å²) in [6.45, 7) is 5.23. The number of rotatable bonds is 5. The number of nitrogens with zero attached hydrogens (tertiary/aromatic N) is 2. The number of hydrogen-bond donors (Lipinski definition) is 4. The van der Waals surface area contributed by atoms with Gasteiger partial charge in [0, 0.05) is 7.05 Å². The Morgan fingerprint density at radius 3 is 2.61 bits per heavy atom. The van der Waals surface area contributed by atoms with E-state index >= 15 is 0 Å². The van der Waals surface area contributed by atoms with Crippen molar-refractivity contribution >= 4 is 11.9 Å². The second-order valence-corrected chi connectivity index (χ2v) is 4.46. The van der Waals surface area contributed by atoms with Gasteiger partial charge in [-0.3, -0.25) is 0 Å². The van der Waals surface area contributed by atoms with E-state index in [2.05, 4.69) is 21.4 Å². The molecule has 0 rings (SSSR count). The van der Waals surface area contributed by atoms with Gasteiger partial charge in [-0.2, -0.15) is 5.26 Å². The van der Waals surface area contributed by atoms with Crippen molar-refractivity contribution in [2.45, 2.75) is 38.8 Å². The Hall–Kier alpha value is -2.01. The lowest BCUT2D eigenvalue weighted by Gasteiger charge is -2.22. The minimum Gasteiger partial charge on any atom is -0.444 e. The molecule has 0 radical (unpaired) electrons. The van der Waals surface area contributed by atoms with Gasteiger partial charge >= 0.3 is 6.09 Å². The summed E-state index contributed by atoms with van der Waals surface area (Å²) >= 11 is 0. The number of hydrogen-bond acceptors (Lipinski definition) is 6. The van der Waals surface area contributed by atoms with Crippen molar-refractivity contribution in [2.24, 2.45) is 10.8 Å². The minimum atomic E-state index is -0.703. The largest absolute Gasteiger partial charge is 0.444 e. The molecule has 8 nitrogen and oxygen atoms in total. The lowest BCUT2D eigenvalue weighted by atomic mass is 10.2. The van der Waals surface area contributed by atoms with Crippen LogP contribution in [0.4, 0.5) is 4.79 Å². The maximum Gasteiger partial charge on any atom is 0.408 e. The zero-order valence-corrected chi connectivity index (χ0v) is 11.1. The monoisotopic (exact) mass is 256 g/mol. The Morgan fingerprint density at radius 2 is 2.17 bits per heavy atom. The van der Waals surface area contributed by atoms with Crippen molar-refractivity contribution in [3.05, 3.63) is 0 Å². The standard InChI is InChI=1S/C10H20N6O2/c1-10(2,3)18-9(17)14-7(5-6-11)8(12)15-16-13-4/h7,13,16H,5H2,1-4H3,(H2,12,15)(H,14,17). The fraction of sp³-hybridized carbons (Fsp3) is 0.700. The molecule has 0 fully saturated rings. The number of nitriles is 1. The van der Waals surface area contributed by atoms with Crippen LogP contribution < -0.4 is 22.0 Å². The number of carbonyl (C=O) groups excluding carboxylic acids is 1. The maximum atomic E-state index is 11.5. The predicted molar refractivity (Wildman–Crippen MR) is 67.2 cm³/mol. The van der Waals surface area contributed by atoms with Crippen LogP contribution in [-0.4, -0.2) is 30.6 Å². The molecule has 0 aliphatic heterocycles. The van der Waals surface area contributed by atoms with Gasteiger partial charge in [0.2, 0.25) is 0 Å². The van der Waals surface area contributed by atoms with E-state index in [1.807, 2.05) is 6.07 Å². The van der Waals surface area contributed by atoms with Crippen LogP contribution in [0.3, 0.4) is 0 Å². The van der Waals surface area contributed by atoms with Crippen LogP contribution in [0.25, 0.3) is 0 Å². The van der Waals surface area contributed by atoms with Gasteiger partial charge in [-0.15, -0.1) is 5.10 Å². The molecule has 0 aliphatic rings. The third-order valence-electron chi connectivity index (χ3n) is 1.64. The highest BCUT2D eigenvalue weighted by Crippen LogP contribution is 2.07. The number of nitrogens with one attached hydrogen (secondary N) is 3. The van der Waals surface area contributed by atoms with Crippen molar-refractivity contribution in [1.29, 1.82) is 5.26 Å². The molecule has 0 saturated heterocycles. The van der Waals surface area contributed by atoms with Crippen molar-refractivity contribution in [1.82, 2.24) is 16.3 Å². The molecule has 1 amide bonds. The molecule has 0 bridgehead atoms. The van der Waals surface area contributed by atoms with Crippen molar-refractivity contribution in [2.75, 3.05) is 7.05 Å². The fourth-order valence-electron chi connectivity index (χ4n) is 0.969. The smallest absolute Gasteiger partial charge is 0.408 e. The molecule has 1 atom stereocenters. The van der Waals surface area contributed by atoms with Crippen LogP contribution in [-0.2, 0) is 4.74 Å². The highest BCUT2D eigenvalue weighted by Gasteiger charge is 2.21. The lowest BCUT2D eigenvalue weighted by Crippen LogP contribution is -2.47. The second kappa shape index (κ2) is 7.34. The molecule has 5 N–H and O–H groups in total. The van der Waals surface area contributed by atoms with Crippen LogP contribution in [0, 0.1) is 11.3 Å². The topological polar surface area (TPSA) is 125 Å². The van der Waals surface area contributed by atoms with Crippen LogP contribution in [0.2, 0.25) is 0 Å². The number of carbonyl (C=O) groups is 1. The maximum absolute atomic E-state index is 11.5. The molecule has 0 aliphatic carbocycles. The molecule has 0 heterocycles. The van der Waals surface area contributed by atoms with E-state index in [1.165, 1.54) is 0 Å². The Morgan fingerprint density at radius 1 is 1.56 bits per heavy atom. The third kappa shape index (κ3) is 7.29. The molecule has 8 heteroatoms. The number of hydrazine groups is 1. The molecule has 0 aromatic carbocycles. The highest BCUT2D eigenvalue weighted by molar-refractivity contribution is 5.88. The van der Waals surface area contributed by atoms with Gasteiger partial charge < -0.3 is 15.8 Å². The van der Waals surface area contributed by atoms with E-state index in [4.69, 9.17) is 15.7 Å². The third-order valence-corrected chi connectivity index (χ3v) is 1.64. The van der Waals surface area contributed by atoms with Gasteiger partial charge in [0.05, 0.1) is 12.5 Å². The average Bonchev–Trinajstić information content (AvgIpc) is 2.22. The van der Waals surface area contributed by atoms with Gasteiger partial charge in [-0.05, 0) is 20.8 Å². The first kappa shape index (κ1) is 16.0. The van der Waals surface area contributed by atoms with Gasteiger partial charge in [0.25, 0.3) is 0 Å². The molecule has 102 valence electrons. The van der Waals surface area contributed by atoms with Crippen molar-refractivity contribution in [3.8, 4) is 6.07 Å². The van der Waals surface area contributed by atoms with E-state index in [0.717, 1.165) is 0 Å². The summed E-state index contributed by atoms with van der Waals surface area (Å²) in [5.74, 6) is 0.0803. The quantitative estimate of drug-likeness (QED) is 0.306. The van der Waals surface area contributed by atoms with Crippen molar-refractivity contribution in [3.63, 3.8) is 0 Å². The Kier molecular flexibility index (Phi) is 6.52. The molecule has 0 aromatic heterocycles. The summed E-state index contributed by atoms with van der Waals surface area (Å²) in [6, 6.07) is 1.21. The summed E-state index contributed by atoms with van der Waals surface area (Å²) in [6.07, 6.45) is -0.648. The normalized spacial score (nSPS) is 13.4. The Bertz CT molecular complexity index is 341. The number of ether oxygens (including phenoxy) is 1. The summed E-state index contributed by atoms with van der Waals surface area (Å²) in [5, 5.41) is 14.9. The highest BCUT2D eigenvalue weighted by atomic mass is 16.6. The van der Waals surface area contributed by atoms with Crippen LogP contribution in [0.15, 0.2) is 5.10 Å². The molecular formula is C10H20N6O2. The first-order chi connectivity index (χ1) is 8.30. The van der Waals surface area contributed by atoms with Crippen LogP contribution in [0.5, 0.6) is 0 Å². The second-order valence-electron chi connectivity index (χ2n) is 4.46. The average molecular weight is 256 g/mol. The summed E-state index contributed by atoms with van der Waals surface area (Å²) in [7, 11) is 1.61. The van der Waals surface area contributed by atoms with Crippen molar-refractivity contribution < 1.29 is 9.53 Å². The van der Waals surface area contributed by atoms with Gasteiger partial charge in [-0.1, -0.05) is 0 Å². The van der Waals surface area contributed by atoms with E-state index in [9.17, 15) is 4.79 Å². The van der Waals surface area contributed by atoms with Crippen LogP contribution >= 0.6 is 0 Å². The SMILES string of the molecule is CNNN=C(N)C(CC#N)NC(=O)OC(C)(C)C. The molecule has 18 heavy (non-hydrogen) atoms. The van der Waals surface area contributed by atoms with E-state index in [1.54, 1.807) is 27.8 Å². The van der Waals surface area contributed by atoms with E-state index in [0.29, 0.717) is 0 Å². The first-order valence-electron chi connectivity index (χ1n) is 5.41. The van der Waals surface area contributed by atoms with Gasteiger partial charge in [0.1, 0.15) is 17.5 Å². The molecule has 0 spiro atoms. The summed E-state index contributed by atoms with van der Waals surface area (Å²) < 4.78 is 5.06. The fourth-order valence-corrected chi connectivity index (χ4v) is 0.969. The summed E-state index contributed by atoms with van der Waals surface area (Å²) in [4.78, 5) is 11.5. The van der Waals surface area contributed by atoms with E-state index < -0.39 is 17.7 Å². The summed E-state index contributed by atoms with van der Waals surface area (Å²) in [5.41, 5.74) is 9.98. The van der Waals surface area contributed by atoms with Gasteiger partial charge in [-0.25, -0.2) is 15.8 Å².